The molecule has 21 heavy (non-hydrogen) atoms. The van der Waals surface area contributed by atoms with Crippen LogP contribution in [-0.4, -0.2) is 28.0 Å². The van der Waals surface area contributed by atoms with Crippen LogP contribution in [0.1, 0.15) is 43.5 Å². The molecule has 6 nitrogen and oxygen atoms in total. The molecule has 1 heterocycles. The van der Waals surface area contributed by atoms with Gasteiger partial charge in [0.25, 0.3) is 0 Å². The average Bonchev–Trinajstić information content (AvgIpc) is 2.69. The molecule has 1 aliphatic heterocycles. The third-order valence-corrected chi connectivity index (χ3v) is 4.22. The highest BCUT2D eigenvalue weighted by atomic mass is 16.4. The number of carboxylic acids is 1. The second kappa shape index (κ2) is 5.20. The Morgan fingerprint density at radius 2 is 1.90 bits per heavy atom. The van der Waals surface area contributed by atoms with Gasteiger partial charge >= 0.3 is 5.97 Å². The Bertz CT molecular complexity index is 618. The van der Waals surface area contributed by atoms with Crippen molar-refractivity contribution in [1.82, 2.24) is 0 Å². The zero-order valence-electron chi connectivity index (χ0n) is 11.9. The minimum Gasteiger partial charge on any atom is -0.507 e. The monoisotopic (exact) mass is 291 g/mol. The number of carbonyl (C=O) groups is 3. The summed E-state index contributed by atoms with van der Waals surface area (Å²) < 4.78 is 0. The standard InChI is InChI=1S/C15H17NO5/c1-3-15(4-2)8-12(18)16(14(15)21)9-5-6-10(13(19)20)11(17)7-9/h5-7,17H,3-4,8H2,1-2H3,(H,19,20). The van der Waals surface area contributed by atoms with Crippen LogP contribution in [0.15, 0.2) is 18.2 Å². The van der Waals surface area contributed by atoms with Gasteiger partial charge in [0, 0.05) is 12.5 Å². The van der Waals surface area contributed by atoms with Gasteiger partial charge in [-0.1, -0.05) is 13.8 Å². The van der Waals surface area contributed by atoms with Crippen molar-refractivity contribution in [1.29, 1.82) is 0 Å². The molecule has 0 atom stereocenters. The normalized spacial score (nSPS) is 17.3. The van der Waals surface area contributed by atoms with Crippen molar-refractivity contribution in [3.8, 4) is 5.75 Å². The second-order valence-electron chi connectivity index (χ2n) is 5.21. The van der Waals surface area contributed by atoms with Gasteiger partial charge in [0.1, 0.15) is 11.3 Å². The number of amides is 2. The number of benzene rings is 1. The lowest BCUT2D eigenvalue weighted by Gasteiger charge is -2.23. The molecule has 2 amide bonds. The molecule has 0 radical (unpaired) electrons. The second-order valence-corrected chi connectivity index (χ2v) is 5.21. The average molecular weight is 291 g/mol. The van der Waals surface area contributed by atoms with E-state index in [1.165, 1.54) is 12.1 Å². The van der Waals surface area contributed by atoms with E-state index in [1.807, 2.05) is 13.8 Å². The van der Waals surface area contributed by atoms with Crippen molar-refractivity contribution in [2.24, 2.45) is 5.41 Å². The van der Waals surface area contributed by atoms with Crippen molar-refractivity contribution in [3.63, 3.8) is 0 Å². The molecule has 1 aromatic rings. The smallest absolute Gasteiger partial charge is 0.339 e. The number of rotatable bonds is 4. The van der Waals surface area contributed by atoms with Gasteiger partial charge in [0.05, 0.1) is 11.1 Å². The maximum atomic E-state index is 12.5. The van der Waals surface area contributed by atoms with E-state index < -0.39 is 17.1 Å². The van der Waals surface area contributed by atoms with Crippen molar-refractivity contribution in [2.45, 2.75) is 33.1 Å². The van der Waals surface area contributed by atoms with Crippen LogP contribution in [0.2, 0.25) is 0 Å². The molecule has 0 spiro atoms. The van der Waals surface area contributed by atoms with Crippen molar-refractivity contribution < 1.29 is 24.6 Å². The molecular formula is C15H17NO5. The van der Waals surface area contributed by atoms with Crippen LogP contribution in [0.25, 0.3) is 0 Å². The van der Waals surface area contributed by atoms with Crippen LogP contribution < -0.4 is 4.90 Å². The summed E-state index contributed by atoms with van der Waals surface area (Å²) in [5.74, 6) is -2.35. The van der Waals surface area contributed by atoms with Gasteiger partial charge in [-0.2, -0.15) is 0 Å². The predicted molar refractivity (Wildman–Crippen MR) is 75.2 cm³/mol. The molecule has 1 aromatic carbocycles. The fourth-order valence-electron chi connectivity index (χ4n) is 2.70. The predicted octanol–water partition coefficient (Wildman–Crippen LogP) is 2.16. The number of imide groups is 1. The number of carbonyl (C=O) groups excluding carboxylic acids is 2. The molecule has 112 valence electrons. The summed E-state index contributed by atoms with van der Waals surface area (Å²) in [7, 11) is 0. The summed E-state index contributed by atoms with van der Waals surface area (Å²) in [6.07, 6.45) is 1.26. The van der Waals surface area contributed by atoms with Crippen LogP contribution in [0.5, 0.6) is 5.75 Å². The Kier molecular flexibility index (Phi) is 3.72. The van der Waals surface area contributed by atoms with Gasteiger partial charge in [-0.25, -0.2) is 9.69 Å². The molecule has 1 fully saturated rings. The lowest BCUT2D eigenvalue weighted by Crippen LogP contribution is -2.35. The van der Waals surface area contributed by atoms with Gasteiger partial charge in [0.15, 0.2) is 0 Å². The lowest BCUT2D eigenvalue weighted by molar-refractivity contribution is -0.126. The topological polar surface area (TPSA) is 94.9 Å². The summed E-state index contributed by atoms with van der Waals surface area (Å²) in [5, 5.41) is 18.6. The van der Waals surface area contributed by atoms with Crippen LogP contribution in [0, 0.1) is 5.41 Å². The number of carboxylic acid groups (broad SMARTS) is 1. The van der Waals surface area contributed by atoms with Crippen molar-refractivity contribution >= 4 is 23.5 Å². The number of anilines is 1. The quantitative estimate of drug-likeness (QED) is 0.829. The third-order valence-electron chi connectivity index (χ3n) is 4.22. The Labute approximate surface area is 122 Å². The Hall–Kier alpha value is -2.37. The summed E-state index contributed by atoms with van der Waals surface area (Å²) in [4.78, 5) is 36.6. The fraction of sp³-hybridized carbons (Fsp3) is 0.400. The van der Waals surface area contributed by atoms with E-state index in [-0.39, 0.29) is 29.5 Å². The van der Waals surface area contributed by atoms with E-state index in [9.17, 15) is 19.5 Å². The van der Waals surface area contributed by atoms with E-state index in [0.29, 0.717) is 12.8 Å². The van der Waals surface area contributed by atoms with Gasteiger partial charge in [-0.05, 0) is 25.0 Å². The highest BCUT2D eigenvalue weighted by Crippen LogP contribution is 2.41. The van der Waals surface area contributed by atoms with Crippen molar-refractivity contribution in [3.05, 3.63) is 23.8 Å². The highest BCUT2D eigenvalue weighted by Gasteiger charge is 2.49. The summed E-state index contributed by atoms with van der Waals surface area (Å²) in [5.41, 5.74) is -0.760. The number of aromatic carboxylic acids is 1. The van der Waals surface area contributed by atoms with E-state index in [1.54, 1.807) is 0 Å². The van der Waals surface area contributed by atoms with Crippen LogP contribution in [0.4, 0.5) is 5.69 Å². The van der Waals surface area contributed by atoms with E-state index in [2.05, 4.69) is 0 Å². The summed E-state index contributed by atoms with van der Waals surface area (Å²) in [6.45, 7) is 3.73. The maximum absolute atomic E-state index is 12.5. The summed E-state index contributed by atoms with van der Waals surface area (Å²) >= 11 is 0. The lowest BCUT2D eigenvalue weighted by atomic mass is 9.81. The zero-order valence-corrected chi connectivity index (χ0v) is 11.9. The number of hydrogen-bond donors (Lipinski definition) is 2. The molecule has 6 heteroatoms. The van der Waals surface area contributed by atoms with Crippen LogP contribution in [-0.2, 0) is 9.59 Å². The SMILES string of the molecule is CCC1(CC)CC(=O)N(c2ccc(C(=O)O)c(O)c2)C1=O. The van der Waals surface area contributed by atoms with E-state index in [4.69, 9.17) is 5.11 Å². The molecule has 0 unspecified atom stereocenters. The number of phenols is 1. The molecular weight excluding hydrogens is 274 g/mol. The number of aromatic hydroxyl groups is 1. The Balaban J connectivity index is 2.43. The highest BCUT2D eigenvalue weighted by molar-refractivity contribution is 6.22. The zero-order chi connectivity index (χ0) is 15.8. The van der Waals surface area contributed by atoms with Crippen LogP contribution in [0.3, 0.4) is 0 Å². The number of nitrogens with zero attached hydrogens (tertiary/aromatic N) is 1. The van der Waals surface area contributed by atoms with Gasteiger partial charge < -0.3 is 10.2 Å². The van der Waals surface area contributed by atoms with Crippen molar-refractivity contribution in [2.75, 3.05) is 4.90 Å². The van der Waals surface area contributed by atoms with Gasteiger partial charge in [0.2, 0.25) is 11.8 Å². The molecule has 2 N–H and O–H groups in total. The Morgan fingerprint density at radius 3 is 2.33 bits per heavy atom. The first-order chi connectivity index (χ1) is 9.86. The first kappa shape index (κ1) is 15.0. The minimum absolute atomic E-state index is 0.139. The molecule has 0 aromatic heterocycles. The third kappa shape index (κ3) is 2.26. The largest absolute Gasteiger partial charge is 0.507 e. The molecule has 1 aliphatic rings. The fourth-order valence-corrected chi connectivity index (χ4v) is 2.70. The minimum atomic E-state index is -1.27. The van der Waals surface area contributed by atoms with E-state index >= 15 is 0 Å². The van der Waals surface area contributed by atoms with Gasteiger partial charge in [-0.3, -0.25) is 9.59 Å². The molecule has 1 saturated heterocycles. The first-order valence-corrected chi connectivity index (χ1v) is 6.80. The molecule has 0 aliphatic carbocycles. The summed E-state index contributed by atoms with van der Waals surface area (Å²) in [6, 6.07) is 3.69. The Morgan fingerprint density at radius 1 is 1.29 bits per heavy atom. The van der Waals surface area contributed by atoms with E-state index in [0.717, 1.165) is 11.0 Å². The maximum Gasteiger partial charge on any atom is 0.339 e. The van der Waals surface area contributed by atoms with Crippen LogP contribution >= 0.6 is 0 Å². The number of hydrogen-bond acceptors (Lipinski definition) is 4. The first-order valence-electron chi connectivity index (χ1n) is 6.80. The van der Waals surface area contributed by atoms with Gasteiger partial charge in [-0.15, -0.1) is 0 Å². The molecule has 0 bridgehead atoms. The molecule has 0 saturated carbocycles. The molecule has 2 rings (SSSR count).